The fraction of sp³-hybridized carbons (Fsp3) is 0.400. The van der Waals surface area contributed by atoms with E-state index in [9.17, 15) is 0 Å². The van der Waals surface area contributed by atoms with Crippen LogP contribution >= 0.6 is 0 Å². The highest BCUT2D eigenvalue weighted by atomic mass is 16.5. The summed E-state index contributed by atoms with van der Waals surface area (Å²) in [6, 6.07) is 19.4. The van der Waals surface area contributed by atoms with E-state index < -0.39 is 0 Å². The molecule has 2 nitrogen and oxygen atoms in total. The average molecular weight is 295 g/mol. The van der Waals surface area contributed by atoms with Crippen molar-refractivity contribution in [3.63, 3.8) is 0 Å². The van der Waals surface area contributed by atoms with Gasteiger partial charge in [-0.3, -0.25) is 4.90 Å². The molecule has 0 spiro atoms. The lowest BCUT2D eigenvalue weighted by atomic mass is 9.74. The maximum absolute atomic E-state index is 5.26. The minimum absolute atomic E-state index is 0.291. The van der Waals surface area contributed by atoms with Crippen LogP contribution in [-0.4, -0.2) is 25.1 Å². The molecule has 0 amide bonds. The second kappa shape index (κ2) is 6.53. The lowest BCUT2D eigenvalue weighted by Crippen LogP contribution is -2.40. The summed E-state index contributed by atoms with van der Waals surface area (Å²) in [5.41, 5.74) is 3.14. The molecule has 0 aromatic heterocycles. The fourth-order valence-corrected chi connectivity index (χ4v) is 3.33. The van der Waals surface area contributed by atoms with Crippen LogP contribution in [0.2, 0.25) is 0 Å². The van der Waals surface area contributed by atoms with Crippen LogP contribution in [0.5, 0.6) is 5.75 Å². The molecular weight excluding hydrogens is 270 g/mol. The van der Waals surface area contributed by atoms with Gasteiger partial charge in [0.25, 0.3) is 0 Å². The molecule has 0 saturated carbocycles. The second-order valence-corrected chi connectivity index (χ2v) is 6.55. The third-order valence-electron chi connectivity index (χ3n) is 5.00. The zero-order valence-corrected chi connectivity index (χ0v) is 13.6. The molecule has 1 fully saturated rings. The van der Waals surface area contributed by atoms with Gasteiger partial charge in [-0.05, 0) is 54.6 Å². The number of nitrogens with zero attached hydrogens (tertiary/aromatic N) is 1. The third-order valence-corrected chi connectivity index (χ3v) is 5.00. The highest BCUT2D eigenvalue weighted by Crippen LogP contribution is 2.36. The van der Waals surface area contributed by atoms with Crippen molar-refractivity contribution in [3.05, 3.63) is 65.7 Å². The summed E-state index contributed by atoms with van der Waals surface area (Å²) in [5, 5.41) is 0. The average Bonchev–Trinajstić information content (AvgIpc) is 2.58. The van der Waals surface area contributed by atoms with Gasteiger partial charge in [0.2, 0.25) is 0 Å². The first-order valence-electron chi connectivity index (χ1n) is 8.10. The number of ether oxygens (including phenoxy) is 1. The first kappa shape index (κ1) is 15.1. The molecule has 0 bridgehead atoms. The predicted octanol–water partition coefficient (Wildman–Crippen LogP) is 4.25. The van der Waals surface area contributed by atoms with Gasteiger partial charge in [0.1, 0.15) is 5.75 Å². The first-order chi connectivity index (χ1) is 10.7. The zero-order valence-electron chi connectivity index (χ0n) is 13.6. The van der Waals surface area contributed by atoms with Gasteiger partial charge in [-0.15, -0.1) is 0 Å². The summed E-state index contributed by atoms with van der Waals surface area (Å²) in [6.45, 7) is 5.79. The van der Waals surface area contributed by atoms with E-state index in [4.69, 9.17) is 4.74 Å². The summed E-state index contributed by atoms with van der Waals surface area (Å²) in [7, 11) is 1.72. The van der Waals surface area contributed by atoms with Crippen LogP contribution < -0.4 is 4.74 Å². The van der Waals surface area contributed by atoms with Gasteiger partial charge >= 0.3 is 0 Å². The molecule has 116 valence electrons. The van der Waals surface area contributed by atoms with E-state index in [1.165, 1.54) is 24.0 Å². The van der Waals surface area contributed by atoms with Gasteiger partial charge in [-0.25, -0.2) is 0 Å². The van der Waals surface area contributed by atoms with Crippen molar-refractivity contribution in [2.75, 3.05) is 20.2 Å². The Balaban J connectivity index is 1.62. The zero-order chi connectivity index (χ0) is 15.4. The van der Waals surface area contributed by atoms with Crippen LogP contribution in [-0.2, 0) is 12.0 Å². The van der Waals surface area contributed by atoms with Crippen molar-refractivity contribution < 1.29 is 4.74 Å². The lowest BCUT2D eigenvalue weighted by molar-refractivity contribution is 0.162. The van der Waals surface area contributed by atoms with Crippen LogP contribution in [0.15, 0.2) is 54.6 Å². The van der Waals surface area contributed by atoms with Crippen LogP contribution in [0.4, 0.5) is 0 Å². The largest absolute Gasteiger partial charge is 0.497 e. The minimum Gasteiger partial charge on any atom is -0.497 e. The molecule has 1 aliphatic rings. The predicted molar refractivity (Wildman–Crippen MR) is 91.3 cm³/mol. The summed E-state index contributed by atoms with van der Waals surface area (Å²) < 4.78 is 5.26. The first-order valence-corrected chi connectivity index (χ1v) is 8.10. The maximum atomic E-state index is 5.26. The molecule has 0 unspecified atom stereocenters. The Morgan fingerprint density at radius 1 is 0.955 bits per heavy atom. The van der Waals surface area contributed by atoms with Gasteiger partial charge < -0.3 is 4.74 Å². The van der Waals surface area contributed by atoms with Crippen LogP contribution in [0.1, 0.15) is 30.9 Å². The van der Waals surface area contributed by atoms with Gasteiger partial charge in [0.05, 0.1) is 7.11 Å². The SMILES string of the molecule is COc1ccc(C2(C)CCN(Cc3ccccc3)CC2)cc1. The molecule has 0 atom stereocenters. The molecule has 1 heterocycles. The normalized spacial score (nSPS) is 18.1. The number of methoxy groups -OCH3 is 1. The van der Waals surface area contributed by atoms with Crippen LogP contribution in [0.25, 0.3) is 0 Å². The Hall–Kier alpha value is -1.80. The molecule has 0 aliphatic carbocycles. The quantitative estimate of drug-likeness (QED) is 0.836. The summed E-state index contributed by atoms with van der Waals surface area (Å²) in [5.74, 6) is 0.939. The molecule has 22 heavy (non-hydrogen) atoms. The molecule has 2 heteroatoms. The number of likely N-dealkylation sites (tertiary alicyclic amines) is 1. The summed E-state index contributed by atoms with van der Waals surface area (Å²) in [6.07, 6.45) is 2.43. The number of benzene rings is 2. The number of hydrogen-bond donors (Lipinski definition) is 0. The van der Waals surface area contributed by atoms with E-state index in [0.29, 0.717) is 5.41 Å². The Bertz CT molecular complexity index is 583. The molecule has 3 rings (SSSR count). The van der Waals surface area contributed by atoms with E-state index in [0.717, 1.165) is 25.4 Å². The van der Waals surface area contributed by atoms with E-state index in [2.05, 4.69) is 66.4 Å². The monoisotopic (exact) mass is 295 g/mol. The van der Waals surface area contributed by atoms with Crippen molar-refractivity contribution in [1.29, 1.82) is 0 Å². The maximum Gasteiger partial charge on any atom is 0.118 e. The smallest absolute Gasteiger partial charge is 0.118 e. The van der Waals surface area contributed by atoms with Crippen LogP contribution in [0.3, 0.4) is 0 Å². The van der Waals surface area contributed by atoms with Crippen molar-refractivity contribution in [3.8, 4) is 5.75 Å². The highest BCUT2D eigenvalue weighted by Gasteiger charge is 2.31. The standard InChI is InChI=1S/C20H25NO/c1-20(18-8-10-19(22-2)11-9-18)12-14-21(15-13-20)16-17-6-4-3-5-7-17/h3-11H,12-16H2,1-2H3. The molecular formula is C20H25NO. The van der Waals surface area contributed by atoms with Crippen molar-refractivity contribution in [2.45, 2.75) is 31.7 Å². The molecule has 2 aromatic rings. The number of piperidine rings is 1. The number of hydrogen-bond acceptors (Lipinski definition) is 2. The van der Waals surface area contributed by atoms with Crippen molar-refractivity contribution in [2.24, 2.45) is 0 Å². The minimum atomic E-state index is 0.291. The topological polar surface area (TPSA) is 12.5 Å². The molecule has 2 aromatic carbocycles. The molecule has 0 radical (unpaired) electrons. The van der Waals surface area contributed by atoms with Crippen molar-refractivity contribution in [1.82, 2.24) is 4.90 Å². The molecule has 0 N–H and O–H groups in total. The van der Waals surface area contributed by atoms with Gasteiger partial charge in [-0.1, -0.05) is 49.4 Å². The third kappa shape index (κ3) is 3.33. The van der Waals surface area contributed by atoms with Crippen molar-refractivity contribution >= 4 is 0 Å². The van der Waals surface area contributed by atoms with Gasteiger partial charge in [-0.2, -0.15) is 0 Å². The molecule has 1 saturated heterocycles. The van der Waals surface area contributed by atoms with Crippen LogP contribution in [0, 0.1) is 0 Å². The van der Waals surface area contributed by atoms with E-state index in [1.807, 2.05) is 0 Å². The second-order valence-electron chi connectivity index (χ2n) is 6.55. The Labute approximate surface area is 133 Å². The summed E-state index contributed by atoms with van der Waals surface area (Å²) in [4.78, 5) is 2.57. The Kier molecular flexibility index (Phi) is 4.49. The Morgan fingerprint density at radius 3 is 2.18 bits per heavy atom. The van der Waals surface area contributed by atoms with Gasteiger partial charge in [0.15, 0.2) is 0 Å². The Morgan fingerprint density at radius 2 is 1.59 bits per heavy atom. The number of rotatable bonds is 4. The lowest BCUT2D eigenvalue weighted by Gasteiger charge is -2.40. The van der Waals surface area contributed by atoms with Gasteiger partial charge in [0, 0.05) is 6.54 Å². The molecule has 1 aliphatic heterocycles. The van der Waals surface area contributed by atoms with E-state index >= 15 is 0 Å². The highest BCUT2D eigenvalue weighted by molar-refractivity contribution is 5.32. The summed E-state index contributed by atoms with van der Waals surface area (Å²) >= 11 is 0. The van der Waals surface area contributed by atoms with E-state index in [1.54, 1.807) is 7.11 Å². The van der Waals surface area contributed by atoms with E-state index in [-0.39, 0.29) is 0 Å². The fourth-order valence-electron chi connectivity index (χ4n) is 3.33.